The molecule has 4 rings (SSSR count). The van der Waals surface area contributed by atoms with E-state index in [2.05, 4.69) is 0 Å². The summed E-state index contributed by atoms with van der Waals surface area (Å²) >= 11 is 2.04. The Kier molecular flexibility index (Phi) is 4.85. The second kappa shape index (κ2) is 7.16. The highest BCUT2D eigenvalue weighted by atomic mass is 127. The molecule has 27 heavy (non-hydrogen) atoms. The van der Waals surface area contributed by atoms with Crippen molar-refractivity contribution in [3.05, 3.63) is 44.8 Å². The summed E-state index contributed by atoms with van der Waals surface area (Å²) in [5.74, 6) is -0.160. The van der Waals surface area contributed by atoms with Crippen molar-refractivity contribution in [1.29, 1.82) is 0 Å². The third kappa shape index (κ3) is 3.00. The first kappa shape index (κ1) is 18.3. The molecule has 1 fully saturated rings. The van der Waals surface area contributed by atoms with Gasteiger partial charge in [-0.05, 0) is 41.1 Å². The molecule has 2 aliphatic rings. The fraction of sp³-hybridized carbons (Fsp3) is 0.316. The van der Waals surface area contributed by atoms with Crippen LogP contribution >= 0.6 is 22.6 Å². The molecule has 0 saturated carbocycles. The van der Waals surface area contributed by atoms with E-state index in [1.165, 1.54) is 32.4 Å². The van der Waals surface area contributed by atoms with Gasteiger partial charge in [0.25, 0.3) is 0 Å². The van der Waals surface area contributed by atoms with Crippen molar-refractivity contribution in [3.63, 3.8) is 0 Å². The number of fused-ring (bicyclic) bond motifs is 3. The molecule has 0 amide bonds. The predicted molar refractivity (Wildman–Crippen MR) is 101 cm³/mol. The molecule has 1 saturated heterocycles. The number of hydrogen-bond donors (Lipinski definition) is 0. The quantitative estimate of drug-likeness (QED) is 0.372. The fourth-order valence-electron chi connectivity index (χ4n) is 3.40. The van der Waals surface area contributed by atoms with Crippen LogP contribution in [0.25, 0.3) is 0 Å². The third-order valence-electron chi connectivity index (χ3n) is 4.66. The van der Waals surface area contributed by atoms with Gasteiger partial charge >= 0.3 is 5.97 Å². The molecule has 2 aliphatic heterocycles. The van der Waals surface area contributed by atoms with Gasteiger partial charge in [-0.15, -0.1) is 0 Å². The van der Waals surface area contributed by atoms with Gasteiger partial charge in [0.15, 0.2) is 5.75 Å². The molecule has 2 heterocycles. The standard InChI is InChI=1S/C19H16FIO6/c1-23-11-5-3-4-10(20)15(11)18(22)27-17-14-9-6-7-25-19(9)26-12(14)8-13(24-2)16(17)21/h3-5,8-9,19H,6-7H2,1-2H3/t9-,19+/m0/s1. The Bertz CT molecular complexity index is 916. The lowest BCUT2D eigenvalue weighted by atomic mass is 9.97. The lowest BCUT2D eigenvalue weighted by Crippen LogP contribution is -2.16. The first-order chi connectivity index (χ1) is 13.0. The second-order valence-electron chi connectivity index (χ2n) is 6.09. The monoisotopic (exact) mass is 486 g/mol. The molecule has 0 aromatic heterocycles. The molecule has 6 nitrogen and oxygen atoms in total. The Morgan fingerprint density at radius 2 is 2.04 bits per heavy atom. The largest absolute Gasteiger partial charge is 0.496 e. The summed E-state index contributed by atoms with van der Waals surface area (Å²) < 4.78 is 42.4. The zero-order valence-electron chi connectivity index (χ0n) is 14.6. The van der Waals surface area contributed by atoms with E-state index >= 15 is 0 Å². The molecule has 0 unspecified atom stereocenters. The molecule has 2 atom stereocenters. The maximum atomic E-state index is 14.3. The molecule has 0 bridgehead atoms. The molecule has 2 aromatic carbocycles. The van der Waals surface area contributed by atoms with E-state index < -0.39 is 18.1 Å². The summed E-state index contributed by atoms with van der Waals surface area (Å²) in [6, 6.07) is 5.90. The summed E-state index contributed by atoms with van der Waals surface area (Å²) in [6.45, 7) is 0.561. The molecule has 0 spiro atoms. The topological polar surface area (TPSA) is 63.2 Å². The molecule has 0 N–H and O–H groups in total. The van der Waals surface area contributed by atoms with Crippen molar-refractivity contribution in [1.82, 2.24) is 0 Å². The minimum Gasteiger partial charge on any atom is -0.496 e. The molecule has 2 aromatic rings. The van der Waals surface area contributed by atoms with Crippen LogP contribution in [-0.2, 0) is 4.74 Å². The average Bonchev–Trinajstić information content (AvgIpc) is 3.24. The van der Waals surface area contributed by atoms with Crippen LogP contribution in [0.5, 0.6) is 23.0 Å². The number of carbonyl (C=O) groups excluding carboxylic acids is 1. The van der Waals surface area contributed by atoms with Crippen LogP contribution in [0.1, 0.15) is 28.3 Å². The minimum absolute atomic E-state index is 0.0512. The SMILES string of the molecule is COc1cc2c(c(OC(=O)c3c(F)cccc3OC)c1I)[C@@H]1CCO[C@@H]1O2. The molecule has 8 heteroatoms. The Balaban J connectivity index is 1.79. The highest BCUT2D eigenvalue weighted by Gasteiger charge is 2.43. The van der Waals surface area contributed by atoms with Gasteiger partial charge < -0.3 is 23.7 Å². The van der Waals surface area contributed by atoms with Gasteiger partial charge in [-0.2, -0.15) is 0 Å². The lowest BCUT2D eigenvalue weighted by molar-refractivity contribution is -0.0338. The van der Waals surface area contributed by atoms with Crippen LogP contribution in [0.15, 0.2) is 24.3 Å². The maximum Gasteiger partial charge on any atom is 0.350 e. The zero-order valence-corrected chi connectivity index (χ0v) is 16.7. The van der Waals surface area contributed by atoms with E-state index in [9.17, 15) is 9.18 Å². The van der Waals surface area contributed by atoms with Gasteiger partial charge in [0.05, 0.1) is 30.3 Å². The van der Waals surface area contributed by atoms with Crippen LogP contribution in [-0.4, -0.2) is 33.1 Å². The van der Waals surface area contributed by atoms with Crippen LogP contribution in [0.4, 0.5) is 4.39 Å². The van der Waals surface area contributed by atoms with Gasteiger partial charge in [-0.3, -0.25) is 0 Å². The van der Waals surface area contributed by atoms with Gasteiger partial charge in [-0.25, -0.2) is 9.18 Å². The number of rotatable bonds is 4. The number of benzene rings is 2. The summed E-state index contributed by atoms with van der Waals surface area (Å²) in [7, 11) is 2.88. The van der Waals surface area contributed by atoms with Gasteiger partial charge in [0.1, 0.15) is 28.6 Å². The van der Waals surface area contributed by atoms with Crippen molar-refractivity contribution in [2.45, 2.75) is 18.6 Å². The average molecular weight is 486 g/mol. The van der Waals surface area contributed by atoms with Crippen molar-refractivity contribution in [2.75, 3.05) is 20.8 Å². The van der Waals surface area contributed by atoms with E-state index in [0.717, 1.165) is 12.0 Å². The normalized spacial score (nSPS) is 19.9. The third-order valence-corrected chi connectivity index (χ3v) is 5.68. The van der Waals surface area contributed by atoms with Crippen LogP contribution in [0.3, 0.4) is 0 Å². The smallest absolute Gasteiger partial charge is 0.350 e. The summed E-state index contributed by atoms with van der Waals surface area (Å²) in [5.41, 5.74) is 0.483. The van der Waals surface area contributed by atoms with E-state index in [0.29, 0.717) is 27.4 Å². The molecule has 142 valence electrons. The number of methoxy groups -OCH3 is 2. The zero-order chi connectivity index (χ0) is 19.1. The predicted octanol–water partition coefficient (Wildman–Crippen LogP) is 3.89. The first-order valence-corrected chi connectivity index (χ1v) is 9.36. The molecular formula is C19H16FIO6. The Morgan fingerprint density at radius 3 is 2.78 bits per heavy atom. The first-order valence-electron chi connectivity index (χ1n) is 8.28. The van der Waals surface area contributed by atoms with Crippen LogP contribution < -0.4 is 18.9 Å². The van der Waals surface area contributed by atoms with Crippen LogP contribution in [0.2, 0.25) is 0 Å². The highest BCUT2D eigenvalue weighted by Crippen LogP contribution is 2.52. The lowest BCUT2D eigenvalue weighted by Gasteiger charge is -2.16. The number of hydrogen-bond acceptors (Lipinski definition) is 6. The number of halogens is 2. The van der Waals surface area contributed by atoms with E-state index in [4.69, 9.17) is 23.7 Å². The van der Waals surface area contributed by atoms with Crippen molar-refractivity contribution in [2.24, 2.45) is 0 Å². The van der Waals surface area contributed by atoms with Gasteiger partial charge in [0, 0.05) is 11.6 Å². The summed E-state index contributed by atoms with van der Waals surface area (Å²) in [6.07, 6.45) is 0.330. The van der Waals surface area contributed by atoms with Gasteiger partial charge in [-0.1, -0.05) is 6.07 Å². The molecule has 0 aliphatic carbocycles. The van der Waals surface area contributed by atoms with Crippen LogP contribution in [0, 0.1) is 9.39 Å². The summed E-state index contributed by atoms with van der Waals surface area (Å²) in [5, 5.41) is 0. The van der Waals surface area contributed by atoms with E-state index in [-0.39, 0.29) is 17.2 Å². The highest BCUT2D eigenvalue weighted by molar-refractivity contribution is 14.1. The van der Waals surface area contributed by atoms with E-state index in [1.807, 2.05) is 22.6 Å². The molecule has 0 radical (unpaired) electrons. The minimum atomic E-state index is -0.847. The second-order valence-corrected chi connectivity index (χ2v) is 7.17. The molecular weight excluding hydrogens is 470 g/mol. The van der Waals surface area contributed by atoms with Crippen molar-refractivity contribution >= 4 is 28.6 Å². The number of carbonyl (C=O) groups is 1. The van der Waals surface area contributed by atoms with Crippen molar-refractivity contribution in [3.8, 4) is 23.0 Å². The van der Waals surface area contributed by atoms with Crippen molar-refractivity contribution < 1.29 is 32.9 Å². The maximum absolute atomic E-state index is 14.3. The van der Waals surface area contributed by atoms with Gasteiger partial charge in [0.2, 0.25) is 6.29 Å². The number of ether oxygens (including phenoxy) is 5. The Morgan fingerprint density at radius 1 is 1.26 bits per heavy atom. The number of esters is 1. The summed E-state index contributed by atoms with van der Waals surface area (Å²) in [4.78, 5) is 12.8. The Labute approximate surface area is 168 Å². The Hall–Kier alpha value is -2.07. The van der Waals surface area contributed by atoms with E-state index in [1.54, 1.807) is 6.07 Å². The fourth-order valence-corrected chi connectivity index (χ4v) is 4.18.